The van der Waals surface area contributed by atoms with E-state index in [1.807, 2.05) is 140 Å². The van der Waals surface area contributed by atoms with E-state index in [9.17, 15) is 10.1 Å². The summed E-state index contributed by atoms with van der Waals surface area (Å²) in [6.07, 6.45) is 1.81. The maximum atomic E-state index is 12.5. The van der Waals surface area contributed by atoms with E-state index in [2.05, 4.69) is 16.8 Å². The van der Waals surface area contributed by atoms with Crippen LogP contribution < -0.4 is 18.9 Å². The van der Waals surface area contributed by atoms with Crippen molar-refractivity contribution in [3.05, 3.63) is 195 Å². The molecule has 0 aliphatic rings. The zero-order valence-corrected chi connectivity index (χ0v) is 28.2. The minimum atomic E-state index is -0.462. The Kier molecular flexibility index (Phi) is 10.4. The predicted molar refractivity (Wildman–Crippen MR) is 200 cm³/mol. The largest absolute Gasteiger partial charge is 0.485 e. The fourth-order valence-electron chi connectivity index (χ4n) is 5.62. The normalized spacial score (nSPS) is 10.6. The van der Waals surface area contributed by atoms with Crippen LogP contribution in [-0.4, -0.2) is 9.91 Å². The van der Waals surface area contributed by atoms with Crippen LogP contribution in [0.25, 0.3) is 10.9 Å². The molecule has 0 aliphatic heterocycles. The molecule has 0 spiro atoms. The lowest BCUT2D eigenvalue weighted by molar-refractivity contribution is -0.385. The molecule has 1 heterocycles. The van der Waals surface area contributed by atoms with Crippen molar-refractivity contribution in [2.24, 2.45) is 0 Å². The van der Waals surface area contributed by atoms with Crippen LogP contribution in [0.3, 0.4) is 0 Å². The van der Waals surface area contributed by atoms with E-state index in [4.69, 9.17) is 18.9 Å². The molecule has 7 aromatic rings. The number of nitro benzene ring substituents is 1. The highest BCUT2D eigenvalue weighted by Crippen LogP contribution is 2.39. The van der Waals surface area contributed by atoms with Gasteiger partial charge in [-0.05, 0) is 34.4 Å². The topological polar surface area (TPSA) is 95.9 Å². The molecule has 1 N–H and O–H groups in total. The van der Waals surface area contributed by atoms with Crippen molar-refractivity contribution in [3.8, 4) is 34.8 Å². The van der Waals surface area contributed by atoms with Crippen LogP contribution in [0.4, 0.5) is 5.69 Å². The Morgan fingerprint density at radius 2 is 1.00 bits per heavy atom. The van der Waals surface area contributed by atoms with Crippen LogP contribution in [0.1, 0.15) is 33.4 Å². The average Bonchev–Trinajstić information content (AvgIpc) is 3.67. The maximum absolute atomic E-state index is 12.5. The number of aromatic amines is 1. The number of ether oxygens (including phenoxy) is 4. The second kappa shape index (κ2) is 16.2. The van der Waals surface area contributed by atoms with Crippen LogP contribution in [0.15, 0.2) is 152 Å². The van der Waals surface area contributed by atoms with Crippen molar-refractivity contribution in [3.63, 3.8) is 0 Å². The lowest BCUT2D eigenvalue weighted by atomic mass is 10.1. The van der Waals surface area contributed by atoms with Gasteiger partial charge < -0.3 is 23.9 Å². The zero-order chi connectivity index (χ0) is 35.5. The molecule has 0 saturated carbocycles. The molecule has 6 aromatic carbocycles. The van der Waals surface area contributed by atoms with Gasteiger partial charge in [0.25, 0.3) is 5.69 Å². The van der Waals surface area contributed by atoms with E-state index in [-0.39, 0.29) is 36.8 Å². The molecule has 8 heteroatoms. The van der Waals surface area contributed by atoms with Gasteiger partial charge in [-0.25, -0.2) is 0 Å². The van der Waals surface area contributed by atoms with Crippen molar-refractivity contribution < 1.29 is 23.9 Å². The number of H-pyrrole nitrogens is 1. The van der Waals surface area contributed by atoms with Gasteiger partial charge in [-0.3, -0.25) is 10.1 Å². The Morgan fingerprint density at radius 1 is 0.538 bits per heavy atom. The minimum Gasteiger partial charge on any atom is -0.485 e. The Bertz CT molecular complexity index is 2330. The van der Waals surface area contributed by atoms with E-state index < -0.39 is 4.92 Å². The first-order chi connectivity index (χ1) is 25.6. The molecule has 7 rings (SSSR count). The summed E-state index contributed by atoms with van der Waals surface area (Å²) in [7, 11) is 0. The fraction of sp³-hybridized carbons (Fsp3) is 0.0909. The summed E-state index contributed by atoms with van der Waals surface area (Å²) in [4.78, 5) is 15.3. The summed E-state index contributed by atoms with van der Waals surface area (Å²) in [6.45, 7) is 1.000. The first kappa shape index (κ1) is 33.5. The molecule has 0 atom stereocenters. The third-order valence-electron chi connectivity index (χ3n) is 8.29. The van der Waals surface area contributed by atoms with Crippen LogP contribution in [-0.2, 0) is 26.4 Å². The molecule has 0 unspecified atom stereocenters. The van der Waals surface area contributed by atoms with Crippen molar-refractivity contribution in [2.75, 3.05) is 0 Å². The van der Waals surface area contributed by atoms with Gasteiger partial charge in [0.15, 0.2) is 23.0 Å². The quantitative estimate of drug-likeness (QED) is 0.0737. The molecule has 0 radical (unpaired) electrons. The summed E-state index contributed by atoms with van der Waals surface area (Å²) >= 11 is 0. The summed E-state index contributed by atoms with van der Waals surface area (Å²) in [5.41, 5.74) is 4.97. The Balaban J connectivity index is 1.30. The van der Waals surface area contributed by atoms with Gasteiger partial charge in [-0.2, -0.15) is 0 Å². The summed E-state index contributed by atoms with van der Waals surface area (Å²) < 4.78 is 25.2. The third-order valence-corrected chi connectivity index (χ3v) is 8.29. The van der Waals surface area contributed by atoms with E-state index in [0.29, 0.717) is 34.9 Å². The predicted octanol–water partition coefficient (Wildman–Crippen LogP) is 9.79. The van der Waals surface area contributed by atoms with Gasteiger partial charge in [0, 0.05) is 17.6 Å². The molecule has 1 aromatic heterocycles. The molecule has 0 amide bonds. The number of fused-ring (bicyclic) bond motifs is 1. The molecule has 8 nitrogen and oxygen atoms in total. The molecule has 0 saturated heterocycles. The van der Waals surface area contributed by atoms with E-state index >= 15 is 0 Å². The molecule has 52 heavy (non-hydrogen) atoms. The molecular weight excluding hydrogens is 652 g/mol. The summed E-state index contributed by atoms with van der Waals surface area (Å²) in [5, 5.41) is 13.4. The van der Waals surface area contributed by atoms with Crippen molar-refractivity contribution in [1.82, 2.24) is 4.98 Å². The Hall–Kier alpha value is -6.98. The van der Waals surface area contributed by atoms with E-state index in [0.717, 1.165) is 27.6 Å². The van der Waals surface area contributed by atoms with Crippen molar-refractivity contribution in [1.29, 1.82) is 0 Å². The summed E-state index contributed by atoms with van der Waals surface area (Å²) in [5.74, 6) is 7.81. The van der Waals surface area contributed by atoms with Crippen LogP contribution in [0, 0.1) is 22.0 Å². The molecular formula is C44H34N2O6. The highest BCUT2D eigenvalue weighted by Gasteiger charge is 2.21. The number of nitrogens with zero attached hydrogens (tertiary/aromatic N) is 1. The zero-order valence-electron chi connectivity index (χ0n) is 28.2. The number of rotatable bonds is 13. The summed E-state index contributed by atoms with van der Waals surface area (Å²) in [6, 6.07) is 45.7. The first-order valence-electron chi connectivity index (χ1n) is 16.8. The van der Waals surface area contributed by atoms with E-state index in [1.165, 1.54) is 6.07 Å². The number of hydrogen-bond acceptors (Lipinski definition) is 6. The van der Waals surface area contributed by atoms with Crippen molar-refractivity contribution in [2.45, 2.75) is 26.4 Å². The third kappa shape index (κ3) is 8.24. The monoisotopic (exact) mass is 686 g/mol. The maximum Gasteiger partial charge on any atom is 0.288 e. The highest BCUT2D eigenvalue weighted by atomic mass is 16.6. The van der Waals surface area contributed by atoms with E-state index in [1.54, 1.807) is 6.07 Å². The van der Waals surface area contributed by atoms with Crippen LogP contribution in [0.2, 0.25) is 0 Å². The Morgan fingerprint density at radius 3 is 1.50 bits per heavy atom. The molecule has 0 bridgehead atoms. The van der Waals surface area contributed by atoms with Crippen LogP contribution in [0.5, 0.6) is 23.0 Å². The van der Waals surface area contributed by atoms with Gasteiger partial charge in [-0.1, -0.05) is 133 Å². The number of nitrogens with one attached hydrogen (secondary N) is 1. The highest BCUT2D eigenvalue weighted by molar-refractivity contribution is 5.90. The van der Waals surface area contributed by atoms with Crippen molar-refractivity contribution >= 4 is 16.6 Å². The number of benzene rings is 6. The van der Waals surface area contributed by atoms with Gasteiger partial charge in [0.1, 0.15) is 32.0 Å². The second-order valence-corrected chi connectivity index (χ2v) is 11.9. The van der Waals surface area contributed by atoms with Gasteiger partial charge in [-0.15, -0.1) is 0 Å². The SMILES string of the molecule is O=[N+]([O-])c1cc(OCc2ccccc2)c(OCc2ccccc2)cc1C#Cc1c(OCc2ccccc2)c(OCc2ccccc2)cc2cc[nH]c12. The molecule has 0 aliphatic carbocycles. The molecule has 0 fully saturated rings. The first-order valence-corrected chi connectivity index (χ1v) is 16.8. The van der Waals surface area contributed by atoms with Crippen LogP contribution >= 0.6 is 0 Å². The lowest BCUT2D eigenvalue weighted by Crippen LogP contribution is -2.03. The number of nitro groups is 1. The minimum absolute atomic E-state index is 0.157. The van der Waals surface area contributed by atoms with Gasteiger partial charge >= 0.3 is 0 Å². The lowest BCUT2D eigenvalue weighted by Gasteiger charge is -2.16. The average molecular weight is 687 g/mol. The standard InChI is InChI=1S/C44H34N2O6/c47-46(48)39-27-41(50-29-33-15-7-2-8-16-33)40(49-28-32-13-5-1-6-14-32)25-36(39)21-22-38-43-37(23-24-45-43)26-42(51-30-34-17-9-3-10-18-34)44(38)52-31-35-19-11-4-12-20-35/h1-20,23-27,45H,28-31H2. The smallest absolute Gasteiger partial charge is 0.288 e. The number of hydrogen-bond donors (Lipinski definition) is 1. The number of aromatic nitrogens is 1. The van der Waals surface area contributed by atoms with Gasteiger partial charge in [0.2, 0.25) is 0 Å². The van der Waals surface area contributed by atoms with Gasteiger partial charge in [0.05, 0.1) is 22.1 Å². The molecule has 256 valence electrons. The fourth-order valence-corrected chi connectivity index (χ4v) is 5.62. The second-order valence-electron chi connectivity index (χ2n) is 11.9. The Labute approximate surface area is 301 Å².